The number of Topliss-reactive ketones (excluding diaryl/α,β-unsaturated/α-hetero) is 1. The molecule has 2 aromatic rings. The number of carbonyl (C=O) groups is 3. The number of alkyl halides is 3. The first-order valence-electron chi connectivity index (χ1n) is 12.8. The number of benzene rings is 1. The summed E-state index contributed by atoms with van der Waals surface area (Å²) in [5.74, 6) is -2.10. The van der Waals surface area contributed by atoms with Crippen LogP contribution < -0.4 is 0 Å². The molecule has 0 saturated heterocycles. The van der Waals surface area contributed by atoms with E-state index in [-0.39, 0.29) is 46.2 Å². The van der Waals surface area contributed by atoms with Crippen LogP contribution in [0.3, 0.4) is 0 Å². The fraction of sp³-hybridized carbons (Fsp3) is 0.556. The van der Waals surface area contributed by atoms with Crippen molar-refractivity contribution in [3.63, 3.8) is 0 Å². The van der Waals surface area contributed by atoms with E-state index < -0.39 is 53.7 Å². The van der Waals surface area contributed by atoms with Gasteiger partial charge < -0.3 is 10.0 Å². The quantitative estimate of drug-likeness (QED) is 0.362. The van der Waals surface area contributed by atoms with Gasteiger partial charge in [-0.05, 0) is 61.0 Å². The smallest absolute Gasteiger partial charge is 0.433 e. The number of aromatic nitrogens is 2. The van der Waals surface area contributed by atoms with Gasteiger partial charge in [0.05, 0.1) is 40.0 Å². The van der Waals surface area contributed by atoms with Gasteiger partial charge in [0.2, 0.25) is 0 Å². The van der Waals surface area contributed by atoms with Crippen molar-refractivity contribution >= 4 is 40.9 Å². The molecular formula is C27H28Cl2F3N3O4. The van der Waals surface area contributed by atoms with Gasteiger partial charge in [0, 0.05) is 12.5 Å². The molecule has 1 N–H and O–H groups in total. The number of aliphatic carboxylic acids is 1. The average Bonchev–Trinajstić information content (AvgIpc) is 3.23. The van der Waals surface area contributed by atoms with Crippen molar-refractivity contribution in [2.45, 2.75) is 64.2 Å². The Hall–Kier alpha value is -2.59. The van der Waals surface area contributed by atoms with Gasteiger partial charge >= 0.3 is 12.1 Å². The van der Waals surface area contributed by atoms with Crippen LogP contribution >= 0.6 is 23.2 Å². The lowest BCUT2D eigenvalue weighted by Gasteiger charge is -2.36. The first-order chi connectivity index (χ1) is 18.2. The highest BCUT2D eigenvalue weighted by Gasteiger charge is 2.63. The van der Waals surface area contributed by atoms with E-state index in [9.17, 15) is 27.6 Å². The van der Waals surface area contributed by atoms with E-state index in [1.54, 1.807) is 6.07 Å². The maximum absolute atomic E-state index is 14.3. The first kappa shape index (κ1) is 28.0. The third-order valence-electron chi connectivity index (χ3n) is 8.91. The van der Waals surface area contributed by atoms with Crippen LogP contribution in [0, 0.1) is 23.2 Å². The van der Waals surface area contributed by atoms with Crippen LogP contribution in [0.15, 0.2) is 24.4 Å². The molecule has 2 unspecified atom stereocenters. The van der Waals surface area contributed by atoms with E-state index in [1.165, 1.54) is 17.0 Å². The third-order valence-corrected chi connectivity index (χ3v) is 9.54. The highest BCUT2D eigenvalue weighted by atomic mass is 35.5. The summed E-state index contributed by atoms with van der Waals surface area (Å²) >= 11 is 12.4. The normalized spacial score (nSPS) is 27.0. The maximum atomic E-state index is 14.3. The SMILES string of the molecule is CC1(C)C2CC(N(CC(=O)c3c(Cl)cccc3Cl)C(=O)c3cnn(C4CC(CC(=O)O)C4)c3C(F)(F)F)CC21. The Morgan fingerprint density at radius 1 is 1.10 bits per heavy atom. The number of carboxylic acids is 1. The number of carboxylic acid groups (broad SMARTS) is 1. The predicted molar refractivity (Wildman–Crippen MR) is 137 cm³/mol. The van der Waals surface area contributed by atoms with E-state index in [1.807, 2.05) is 0 Å². The summed E-state index contributed by atoms with van der Waals surface area (Å²) in [6.07, 6.45) is -2.50. The molecule has 3 fully saturated rings. The highest BCUT2D eigenvalue weighted by Crippen LogP contribution is 2.67. The van der Waals surface area contributed by atoms with Gasteiger partial charge in [-0.3, -0.25) is 19.1 Å². The largest absolute Gasteiger partial charge is 0.481 e. The molecule has 39 heavy (non-hydrogen) atoms. The van der Waals surface area contributed by atoms with Crippen molar-refractivity contribution in [2.75, 3.05) is 6.54 Å². The van der Waals surface area contributed by atoms with Crippen molar-refractivity contribution in [1.29, 1.82) is 0 Å². The van der Waals surface area contributed by atoms with Gasteiger partial charge in [-0.15, -0.1) is 0 Å². The van der Waals surface area contributed by atoms with E-state index in [0.29, 0.717) is 24.7 Å². The molecule has 0 radical (unpaired) electrons. The van der Waals surface area contributed by atoms with Crippen molar-refractivity contribution in [1.82, 2.24) is 14.7 Å². The van der Waals surface area contributed by atoms with Crippen molar-refractivity contribution < 1.29 is 32.7 Å². The molecule has 0 aliphatic heterocycles. The molecule has 3 aliphatic carbocycles. The summed E-state index contributed by atoms with van der Waals surface area (Å²) < 4.78 is 43.8. The summed E-state index contributed by atoms with van der Waals surface area (Å²) in [6.45, 7) is 3.78. The zero-order chi connectivity index (χ0) is 28.4. The number of carbonyl (C=O) groups excluding carboxylic acids is 2. The topological polar surface area (TPSA) is 92.5 Å². The Morgan fingerprint density at radius 2 is 1.69 bits per heavy atom. The standard InChI is InChI=1S/C27H28Cl2F3N3O4/c1-26(2)17-9-14(10-18(17)26)34(12-21(36)23-19(28)4-3-5-20(23)29)25(39)16-11-33-35(24(16)27(30,31)32)15-6-13(7-15)8-22(37)38/h3-5,11,13-15,17-18H,6-10,12H2,1-2H3,(H,37,38). The van der Waals surface area contributed by atoms with Crippen LogP contribution in [0.2, 0.25) is 10.0 Å². The van der Waals surface area contributed by atoms with Gasteiger partial charge in [-0.1, -0.05) is 43.1 Å². The summed E-state index contributed by atoms with van der Waals surface area (Å²) in [5, 5.41) is 13.1. The molecule has 1 aromatic carbocycles. The number of amides is 1. The monoisotopic (exact) mass is 585 g/mol. The zero-order valence-electron chi connectivity index (χ0n) is 21.3. The van der Waals surface area contributed by atoms with Gasteiger partial charge in [-0.25, -0.2) is 0 Å². The Balaban J connectivity index is 1.46. The highest BCUT2D eigenvalue weighted by molar-refractivity contribution is 6.40. The number of rotatable bonds is 8. The molecule has 2 atom stereocenters. The fourth-order valence-electron chi connectivity index (χ4n) is 6.64. The molecule has 1 aromatic heterocycles. The van der Waals surface area contributed by atoms with Crippen molar-refractivity contribution in [3.05, 3.63) is 51.3 Å². The maximum Gasteiger partial charge on any atom is 0.433 e. The second kappa shape index (κ2) is 9.80. The Morgan fingerprint density at radius 3 is 2.23 bits per heavy atom. The molecule has 1 amide bonds. The van der Waals surface area contributed by atoms with E-state index in [4.69, 9.17) is 28.3 Å². The number of ketones is 1. The molecule has 12 heteroatoms. The van der Waals surface area contributed by atoms with Gasteiger partial charge in [0.25, 0.3) is 5.91 Å². The molecule has 210 valence electrons. The Kier molecular flexibility index (Phi) is 7.02. The van der Waals surface area contributed by atoms with Crippen LogP contribution in [0.1, 0.15) is 78.4 Å². The minimum Gasteiger partial charge on any atom is -0.481 e. The minimum atomic E-state index is -4.89. The number of fused-ring (bicyclic) bond motifs is 1. The number of hydrogen-bond acceptors (Lipinski definition) is 4. The van der Waals surface area contributed by atoms with Crippen molar-refractivity contribution in [2.24, 2.45) is 23.2 Å². The lowest BCUT2D eigenvalue weighted by molar-refractivity contribution is -0.147. The van der Waals surface area contributed by atoms with Crippen LogP contribution in [-0.4, -0.2) is 50.0 Å². The molecule has 5 rings (SSSR count). The Bertz CT molecular complexity index is 1300. The lowest BCUT2D eigenvalue weighted by atomic mass is 9.78. The van der Waals surface area contributed by atoms with E-state index >= 15 is 0 Å². The molecule has 3 aliphatic rings. The molecular weight excluding hydrogens is 558 g/mol. The summed E-state index contributed by atoms with van der Waals surface area (Å²) in [4.78, 5) is 39.4. The summed E-state index contributed by atoms with van der Waals surface area (Å²) in [6, 6.07) is 3.47. The fourth-order valence-corrected chi connectivity index (χ4v) is 7.25. The third kappa shape index (κ3) is 5.06. The Labute approximate surface area is 233 Å². The molecule has 0 spiro atoms. The first-order valence-corrected chi connectivity index (χ1v) is 13.6. The predicted octanol–water partition coefficient (Wildman–Crippen LogP) is 6.39. The average molecular weight is 586 g/mol. The minimum absolute atomic E-state index is 0.0211. The second-order valence-electron chi connectivity index (χ2n) is 11.6. The zero-order valence-corrected chi connectivity index (χ0v) is 22.9. The van der Waals surface area contributed by atoms with Crippen LogP contribution in [0.4, 0.5) is 13.2 Å². The van der Waals surface area contributed by atoms with Crippen LogP contribution in [0.5, 0.6) is 0 Å². The molecule has 3 saturated carbocycles. The van der Waals surface area contributed by atoms with Gasteiger partial charge in [0.1, 0.15) is 0 Å². The van der Waals surface area contributed by atoms with Crippen molar-refractivity contribution in [3.8, 4) is 0 Å². The number of halogens is 5. The molecule has 0 bridgehead atoms. The molecule has 7 nitrogen and oxygen atoms in total. The number of nitrogens with zero attached hydrogens (tertiary/aromatic N) is 3. The summed E-state index contributed by atoms with van der Waals surface area (Å²) in [5.41, 5.74) is -1.68. The lowest BCUT2D eigenvalue weighted by Crippen LogP contribution is -2.44. The van der Waals surface area contributed by atoms with Gasteiger partial charge in [-0.2, -0.15) is 18.3 Å². The molecule has 1 heterocycles. The van der Waals surface area contributed by atoms with Crippen LogP contribution in [0.25, 0.3) is 0 Å². The second-order valence-corrected chi connectivity index (χ2v) is 12.4. The van der Waals surface area contributed by atoms with Gasteiger partial charge in [0.15, 0.2) is 11.5 Å². The van der Waals surface area contributed by atoms with E-state index in [0.717, 1.165) is 10.9 Å². The number of hydrogen-bond donors (Lipinski definition) is 1. The summed E-state index contributed by atoms with van der Waals surface area (Å²) in [7, 11) is 0. The van der Waals surface area contributed by atoms with Crippen LogP contribution in [-0.2, 0) is 11.0 Å². The van der Waals surface area contributed by atoms with E-state index in [2.05, 4.69) is 18.9 Å².